The molecule has 74 valence electrons. The molecule has 1 aliphatic carbocycles. The van der Waals surface area contributed by atoms with Gasteiger partial charge in [-0.15, -0.1) is 0 Å². The Morgan fingerprint density at radius 3 is 2.57 bits per heavy atom. The third-order valence-corrected chi connectivity index (χ3v) is 3.67. The summed E-state index contributed by atoms with van der Waals surface area (Å²) < 4.78 is 0. The molecule has 0 spiro atoms. The van der Waals surface area contributed by atoms with Crippen molar-refractivity contribution in [3.63, 3.8) is 0 Å². The maximum absolute atomic E-state index is 4.17. The predicted octanol–water partition coefficient (Wildman–Crippen LogP) is 1.27. The minimum Gasteiger partial charge on any atom is -1.00 e. The van der Waals surface area contributed by atoms with Gasteiger partial charge in [0.25, 0.3) is 0 Å². The summed E-state index contributed by atoms with van der Waals surface area (Å²) in [5, 5.41) is 0. The molecule has 0 aromatic heterocycles. The molecule has 0 N–H and O–H groups in total. The molecular formula is C12H21LiSi. The van der Waals surface area contributed by atoms with E-state index >= 15 is 0 Å². The molecule has 0 fully saturated rings. The smallest absolute Gasteiger partial charge is 1.00 e. The van der Waals surface area contributed by atoms with E-state index < -0.39 is 8.07 Å². The van der Waals surface area contributed by atoms with E-state index in [0.717, 1.165) is 12.8 Å². The first-order chi connectivity index (χ1) is 5.97. The normalized spacial score (nSPS) is 14.9. The molecule has 0 aliphatic heterocycles. The van der Waals surface area contributed by atoms with Crippen LogP contribution in [0.5, 0.6) is 0 Å². The summed E-state index contributed by atoms with van der Waals surface area (Å²) in [7, 11) is -0.939. The third-order valence-electron chi connectivity index (χ3n) is 2.11. The fourth-order valence-electron chi connectivity index (χ4n) is 1.76. The van der Waals surface area contributed by atoms with Crippen molar-refractivity contribution in [1.29, 1.82) is 0 Å². The number of hydrogen-bond donors (Lipinski definition) is 0. The van der Waals surface area contributed by atoms with E-state index in [4.69, 9.17) is 0 Å². The average Bonchev–Trinajstić information content (AvgIpc) is 2.34. The van der Waals surface area contributed by atoms with E-state index in [1.165, 1.54) is 17.2 Å². The maximum atomic E-state index is 4.17. The molecule has 0 amide bonds. The first kappa shape index (κ1) is 14.0. The molecule has 0 aromatic rings. The van der Waals surface area contributed by atoms with Gasteiger partial charge in [0.2, 0.25) is 0 Å². The average molecular weight is 200 g/mol. The van der Waals surface area contributed by atoms with Gasteiger partial charge in [-0.2, -0.15) is 0 Å². The Balaban J connectivity index is 0. The largest absolute Gasteiger partial charge is 1.00 e. The van der Waals surface area contributed by atoms with Crippen LogP contribution >= 0.6 is 0 Å². The van der Waals surface area contributed by atoms with Gasteiger partial charge in [-0.05, 0) is 18.9 Å². The Bertz CT molecular complexity index is 261. The van der Waals surface area contributed by atoms with Crippen LogP contribution in [0.3, 0.4) is 0 Å². The molecule has 0 saturated heterocycles. The fourth-order valence-corrected chi connectivity index (χ4v) is 3.38. The summed E-state index contributed by atoms with van der Waals surface area (Å²) in [6, 6.07) is 1.27. The van der Waals surface area contributed by atoms with Crippen LogP contribution in [-0.2, 0) is 0 Å². The predicted molar refractivity (Wildman–Crippen MR) is 64.9 cm³/mol. The Hall–Kier alpha value is 0.0343. The van der Waals surface area contributed by atoms with E-state index in [-0.39, 0.29) is 20.3 Å². The van der Waals surface area contributed by atoms with E-state index in [0.29, 0.717) is 0 Å². The standard InChI is InChI=1S/C12H20Si.Li.H/c1-11(10-13(2,3)4)9-12-7-5-6-8-12;;/h5-7H,1,8-10H2,2-4H3;;/q;+1;-1. The van der Waals surface area contributed by atoms with Gasteiger partial charge in [0, 0.05) is 8.07 Å². The Morgan fingerprint density at radius 1 is 1.50 bits per heavy atom. The molecular weight excluding hydrogens is 179 g/mol. The Kier molecular flexibility index (Phi) is 5.82. The zero-order valence-corrected chi connectivity index (χ0v) is 11.1. The minimum atomic E-state index is -0.939. The maximum Gasteiger partial charge on any atom is 1.00 e. The summed E-state index contributed by atoms with van der Waals surface area (Å²) >= 11 is 0. The van der Waals surface area contributed by atoms with Gasteiger partial charge < -0.3 is 1.43 Å². The van der Waals surface area contributed by atoms with Crippen LogP contribution in [0, 0.1) is 0 Å². The summed E-state index contributed by atoms with van der Waals surface area (Å²) in [5.41, 5.74) is 2.96. The molecule has 1 aliphatic rings. The van der Waals surface area contributed by atoms with Crippen molar-refractivity contribution in [1.82, 2.24) is 0 Å². The molecule has 0 aromatic carbocycles. The first-order valence-electron chi connectivity index (χ1n) is 4.98. The monoisotopic (exact) mass is 200 g/mol. The number of rotatable bonds is 4. The SMILES string of the molecule is C=C(CC1=CC=CC1)C[Si](C)(C)C.[H-].[Li+]. The van der Waals surface area contributed by atoms with Crippen LogP contribution in [0.25, 0.3) is 0 Å². The van der Waals surface area contributed by atoms with E-state index in [1.54, 1.807) is 0 Å². The van der Waals surface area contributed by atoms with Gasteiger partial charge in [-0.1, -0.05) is 55.6 Å². The number of hydrogen-bond acceptors (Lipinski definition) is 0. The van der Waals surface area contributed by atoms with Gasteiger partial charge in [0.15, 0.2) is 0 Å². The second-order valence-electron chi connectivity index (χ2n) is 5.12. The molecule has 2 heteroatoms. The van der Waals surface area contributed by atoms with Crippen LogP contribution in [0.15, 0.2) is 36.0 Å². The van der Waals surface area contributed by atoms with Crippen molar-refractivity contribution < 1.29 is 20.3 Å². The van der Waals surface area contributed by atoms with Crippen LogP contribution in [0.4, 0.5) is 0 Å². The zero-order valence-electron chi connectivity index (χ0n) is 11.1. The van der Waals surface area contributed by atoms with Crippen molar-refractivity contribution >= 4 is 8.07 Å². The van der Waals surface area contributed by atoms with Crippen molar-refractivity contribution in [2.24, 2.45) is 0 Å². The van der Waals surface area contributed by atoms with Crippen molar-refractivity contribution in [2.75, 3.05) is 0 Å². The van der Waals surface area contributed by atoms with Gasteiger partial charge in [0.1, 0.15) is 0 Å². The van der Waals surface area contributed by atoms with Crippen molar-refractivity contribution in [3.05, 3.63) is 36.0 Å². The first-order valence-corrected chi connectivity index (χ1v) is 8.69. The fraction of sp³-hybridized carbons (Fsp3) is 0.500. The molecule has 0 saturated carbocycles. The van der Waals surface area contributed by atoms with Crippen LogP contribution < -0.4 is 18.9 Å². The summed E-state index contributed by atoms with van der Waals surface area (Å²) in [4.78, 5) is 0. The van der Waals surface area contributed by atoms with Crippen LogP contribution in [0.2, 0.25) is 25.7 Å². The van der Waals surface area contributed by atoms with Crippen molar-refractivity contribution in [2.45, 2.75) is 38.5 Å². The zero-order chi connectivity index (χ0) is 9.90. The Labute approximate surface area is 103 Å². The van der Waals surface area contributed by atoms with Crippen LogP contribution in [0.1, 0.15) is 14.3 Å². The molecule has 14 heavy (non-hydrogen) atoms. The molecule has 0 radical (unpaired) electrons. The van der Waals surface area contributed by atoms with Crippen LogP contribution in [-0.4, -0.2) is 8.07 Å². The molecule has 1 rings (SSSR count). The van der Waals surface area contributed by atoms with Gasteiger partial charge >= 0.3 is 18.9 Å². The summed E-state index contributed by atoms with van der Waals surface area (Å²) in [6.07, 6.45) is 8.87. The molecule has 0 atom stereocenters. The second-order valence-corrected chi connectivity index (χ2v) is 10.6. The molecule has 0 bridgehead atoms. The van der Waals surface area contributed by atoms with E-state index in [2.05, 4.69) is 44.4 Å². The van der Waals surface area contributed by atoms with E-state index in [1.807, 2.05) is 0 Å². The quantitative estimate of drug-likeness (QED) is 0.474. The van der Waals surface area contributed by atoms with Gasteiger partial charge in [-0.3, -0.25) is 0 Å². The van der Waals surface area contributed by atoms with Crippen molar-refractivity contribution in [3.8, 4) is 0 Å². The minimum absolute atomic E-state index is 0. The molecule has 0 heterocycles. The molecule has 0 unspecified atom stereocenters. The topological polar surface area (TPSA) is 0 Å². The van der Waals surface area contributed by atoms with E-state index in [9.17, 15) is 0 Å². The summed E-state index contributed by atoms with van der Waals surface area (Å²) in [5.74, 6) is 0. The van der Waals surface area contributed by atoms with Gasteiger partial charge in [0.05, 0.1) is 0 Å². The second kappa shape index (κ2) is 5.80. The number of allylic oxidation sites excluding steroid dienone is 5. The van der Waals surface area contributed by atoms with Gasteiger partial charge in [-0.25, -0.2) is 0 Å². The third kappa shape index (κ3) is 5.70. The summed E-state index contributed by atoms with van der Waals surface area (Å²) in [6.45, 7) is 11.4. The Morgan fingerprint density at radius 2 is 2.14 bits per heavy atom. The molecule has 0 nitrogen and oxygen atoms in total.